The van der Waals surface area contributed by atoms with E-state index in [1.165, 1.54) is 6.42 Å². The first-order valence-electron chi connectivity index (χ1n) is 4.85. The van der Waals surface area contributed by atoms with Gasteiger partial charge < -0.3 is 5.32 Å². The quantitative estimate of drug-likeness (QED) is 0.686. The summed E-state index contributed by atoms with van der Waals surface area (Å²) in [5.74, 6) is 2.14. The predicted octanol–water partition coefficient (Wildman–Crippen LogP) is 1.80. The van der Waals surface area contributed by atoms with Crippen LogP contribution in [-0.2, 0) is 4.79 Å². The smallest absolute Gasteiger partial charge is 0.222 e. The molecule has 70 valence electrons. The summed E-state index contributed by atoms with van der Waals surface area (Å²) in [6.07, 6.45) is 3.50. The van der Waals surface area contributed by atoms with E-state index in [1.807, 2.05) is 0 Å². The molecule has 0 aromatic heterocycles. The van der Waals surface area contributed by atoms with E-state index in [0.717, 1.165) is 24.7 Å². The molecule has 0 atom stereocenters. The SMILES string of the molecule is CNC(=O)C1CC(CC(C)C)C1. The van der Waals surface area contributed by atoms with Crippen molar-refractivity contribution in [2.75, 3.05) is 7.05 Å². The van der Waals surface area contributed by atoms with Gasteiger partial charge in [0.05, 0.1) is 0 Å². The molecule has 1 amide bonds. The fourth-order valence-electron chi connectivity index (χ4n) is 2.01. The van der Waals surface area contributed by atoms with Crippen LogP contribution in [0.15, 0.2) is 0 Å². The highest BCUT2D eigenvalue weighted by molar-refractivity contribution is 5.79. The van der Waals surface area contributed by atoms with Crippen LogP contribution in [0.1, 0.15) is 33.1 Å². The van der Waals surface area contributed by atoms with Gasteiger partial charge in [-0.05, 0) is 31.1 Å². The summed E-state index contributed by atoms with van der Waals surface area (Å²) in [7, 11) is 1.72. The molecule has 0 bridgehead atoms. The second-order valence-corrected chi connectivity index (χ2v) is 4.28. The molecule has 0 saturated heterocycles. The van der Waals surface area contributed by atoms with Crippen LogP contribution in [0.2, 0.25) is 0 Å². The molecule has 2 heteroatoms. The lowest BCUT2D eigenvalue weighted by molar-refractivity contribution is -0.128. The Bertz CT molecular complexity index is 159. The molecule has 0 spiro atoms. The van der Waals surface area contributed by atoms with E-state index < -0.39 is 0 Å². The molecule has 1 aliphatic carbocycles. The van der Waals surface area contributed by atoms with E-state index in [4.69, 9.17) is 0 Å². The average Bonchev–Trinajstić information content (AvgIpc) is 1.94. The molecule has 0 heterocycles. The van der Waals surface area contributed by atoms with Crippen LogP contribution in [0.25, 0.3) is 0 Å². The third-order valence-electron chi connectivity index (χ3n) is 2.66. The van der Waals surface area contributed by atoms with Crippen LogP contribution in [0.3, 0.4) is 0 Å². The summed E-state index contributed by atoms with van der Waals surface area (Å²) in [5.41, 5.74) is 0. The van der Waals surface area contributed by atoms with Gasteiger partial charge in [0.2, 0.25) is 5.91 Å². The predicted molar refractivity (Wildman–Crippen MR) is 49.7 cm³/mol. The van der Waals surface area contributed by atoms with E-state index in [-0.39, 0.29) is 5.91 Å². The zero-order chi connectivity index (χ0) is 9.14. The first-order chi connectivity index (χ1) is 5.63. The Kier molecular flexibility index (Phi) is 3.12. The van der Waals surface area contributed by atoms with Crippen molar-refractivity contribution in [1.29, 1.82) is 0 Å². The van der Waals surface area contributed by atoms with Crippen molar-refractivity contribution in [2.45, 2.75) is 33.1 Å². The molecular formula is C10H19NO. The second kappa shape index (κ2) is 3.92. The fourth-order valence-corrected chi connectivity index (χ4v) is 2.01. The Labute approximate surface area is 74.7 Å². The summed E-state index contributed by atoms with van der Waals surface area (Å²) in [6, 6.07) is 0. The molecule has 1 N–H and O–H groups in total. The van der Waals surface area contributed by atoms with E-state index in [9.17, 15) is 4.79 Å². The standard InChI is InChI=1S/C10H19NO/c1-7(2)4-8-5-9(6-8)10(12)11-3/h7-9H,4-6H2,1-3H3,(H,11,12). The maximum absolute atomic E-state index is 11.1. The van der Waals surface area contributed by atoms with E-state index in [0.29, 0.717) is 5.92 Å². The minimum Gasteiger partial charge on any atom is -0.359 e. The maximum Gasteiger partial charge on any atom is 0.222 e. The number of carbonyl (C=O) groups is 1. The van der Waals surface area contributed by atoms with Crippen molar-refractivity contribution in [3.8, 4) is 0 Å². The van der Waals surface area contributed by atoms with Gasteiger partial charge in [-0.2, -0.15) is 0 Å². The van der Waals surface area contributed by atoms with Crippen LogP contribution in [0, 0.1) is 17.8 Å². The Morgan fingerprint density at radius 3 is 2.50 bits per heavy atom. The molecule has 12 heavy (non-hydrogen) atoms. The minimum atomic E-state index is 0.231. The number of carbonyl (C=O) groups excluding carboxylic acids is 1. The molecular weight excluding hydrogens is 150 g/mol. The highest BCUT2D eigenvalue weighted by Gasteiger charge is 2.33. The number of nitrogens with one attached hydrogen (secondary N) is 1. The van der Waals surface area contributed by atoms with Gasteiger partial charge in [-0.3, -0.25) is 4.79 Å². The topological polar surface area (TPSA) is 29.1 Å². The van der Waals surface area contributed by atoms with Crippen LogP contribution in [0.5, 0.6) is 0 Å². The number of hydrogen-bond acceptors (Lipinski definition) is 1. The first kappa shape index (κ1) is 9.56. The highest BCUT2D eigenvalue weighted by atomic mass is 16.1. The molecule has 0 unspecified atom stereocenters. The van der Waals surface area contributed by atoms with Crippen molar-refractivity contribution in [1.82, 2.24) is 5.32 Å². The molecule has 1 saturated carbocycles. The fraction of sp³-hybridized carbons (Fsp3) is 0.900. The number of amides is 1. The highest BCUT2D eigenvalue weighted by Crippen LogP contribution is 2.37. The van der Waals surface area contributed by atoms with Crippen molar-refractivity contribution in [2.24, 2.45) is 17.8 Å². The lowest BCUT2D eigenvalue weighted by atomic mass is 9.71. The minimum absolute atomic E-state index is 0.231. The molecule has 1 fully saturated rings. The molecule has 0 aromatic rings. The number of hydrogen-bond donors (Lipinski definition) is 1. The van der Waals surface area contributed by atoms with Gasteiger partial charge in [-0.25, -0.2) is 0 Å². The van der Waals surface area contributed by atoms with Crippen LogP contribution in [-0.4, -0.2) is 13.0 Å². The Balaban J connectivity index is 2.15. The molecule has 0 aliphatic heterocycles. The van der Waals surface area contributed by atoms with Gasteiger partial charge in [-0.1, -0.05) is 13.8 Å². The van der Waals surface area contributed by atoms with Gasteiger partial charge in [0.1, 0.15) is 0 Å². The zero-order valence-corrected chi connectivity index (χ0v) is 8.26. The van der Waals surface area contributed by atoms with E-state index in [2.05, 4.69) is 19.2 Å². The second-order valence-electron chi connectivity index (χ2n) is 4.28. The zero-order valence-electron chi connectivity index (χ0n) is 8.26. The largest absolute Gasteiger partial charge is 0.359 e. The van der Waals surface area contributed by atoms with Crippen molar-refractivity contribution < 1.29 is 4.79 Å². The van der Waals surface area contributed by atoms with Crippen molar-refractivity contribution >= 4 is 5.91 Å². The summed E-state index contributed by atoms with van der Waals surface area (Å²) in [4.78, 5) is 11.1. The Hall–Kier alpha value is -0.530. The van der Waals surface area contributed by atoms with E-state index >= 15 is 0 Å². The maximum atomic E-state index is 11.1. The lowest BCUT2D eigenvalue weighted by Crippen LogP contribution is -2.37. The Morgan fingerprint density at radius 1 is 1.50 bits per heavy atom. The summed E-state index contributed by atoms with van der Waals surface area (Å²) < 4.78 is 0. The third-order valence-corrected chi connectivity index (χ3v) is 2.66. The van der Waals surface area contributed by atoms with Crippen molar-refractivity contribution in [3.05, 3.63) is 0 Å². The molecule has 0 aromatic carbocycles. The third kappa shape index (κ3) is 2.23. The Morgan fingerprint density at radius 2 is 2.08 bits per heavy atom. The number of rotatable bonds is 3. The van der Waals surface area contributed by atoms with Crippen LogP contribution >= 0.6 is 0 Å². The molecule has 0 radical (unpaired) electrons. The van der Waals surface area contributed by atoms with Gasteiger partial charge in [-0.15, -0.1) is 0 Å². The normalized spacial score (nSPS) is 28.3. The van der Waals surface area contributed by atoms with Crippen LogP contribution < -0.4 is 5.32 Å². The summed E-state index contributed by atoms with van der Waals surface area (Å²) in [5, 5.41) is 2.70. The molecule has 1 rings (SSSR count). The van der Waals surface area contributed by atoms with Crippen LogP contribution in [0.4, 0.5) is 0 Å². The first-order valence-corrected chi connectivity index (χ1v) is 4.85. The summed E-state index contributed by atoms with van der Waals surface area (Å²) in [6.45, 7) is 4.49. The monoisotopic (exact) mass is 169 g/mol. The van der Waals surface area contributed by atoms with Gasteiger partial charge in [0, 0.05) is 13.0 Å². The average molecular weight is 169 g/mol. The molecule has 1 aliphatic rings. The molecule has 2 nitrogen and oxygen atoms in total. The van der Waals surface area contributed by atoms with Gasteiger partial charge >= 0.3 is 0 Å². The van der Waals surface area contributed by atoms with Gasteiger partial charge in [0.25, 0.3) is 0 Å². The van der Waals surface area contributed by atoms with E-state index in [1.54, 1.807) is 7.05 Å². The summed E-state index contributed by atoms with van der Waals surface area (Å²) >= 11 is 0. The van der Waals surface area contributed by atoms with Gasteiger partial charge in [0.15, 0.2) is 0 Å². The van der Waals surface area contributed by atoms with Crippen molar-refractivity contribution in [3.63, 3.8) is 0 Å². The lowest BCUT2D eigenvalue weighted by Gasteiger charge is -2.34.